The van der Waals surface area contributed by atoms with E-state index in [1.54, 1.807) is 0 Å². The number of halogens is 5. The van der Waals surface area contributed by atoms with E-state index >= 15 is 0 Å². The van der Waals surface area contributed by atoms with Gasteiger partial charge in [-0.05, 0) is 13.0 Å². The number of aromatic nitrogens is 2. The Kier molecular flexibility index (Phi) is 3.45. The molecule has 0 amide bonds. The van der Waals surface area contributed by atoms with Crippen LogP contribution in [0.4, 0.5) is 17.6 Å². The minimum absolute atomic E-state index is 0.105. The molecule has 0 saturated carbocycles. The lowest BCUT2D eigenvalue weighted by molar-refractivity contribution is -0.137. The quantitative estimate of drug-likeness (QED) is 0.579. The first-order valence-electron chi connectivity index (χ1n) is 5.17. The summed E-state index contributed by atoms with van der Waals surface area (Å²) in [7, 11) is 0. The molecule has 0 aliphatic carbocycles. The van der Waals surface area contributed by atoms with Gasteiger partial charge < -0.3 is 0 Å². The number of alkyl halides is 3. The van der Waals surface area contributed by atoms with Crippen LogP contribution >= 0.6 is 11.6 Å². The Morgan fingerprint density at radius 2 is 1.74 bits per heavy atom. The summed E-state index contributed by atoms with van der Waals surface area (Å²) in [5, 5.41) is -0.500. The fourth-order valence-corrected chi connectivity index (χ4v) is 1.79. The second-order valence-corrected chi connectivity index (χ2v) is 4.14. The zero-order valence-electron chi connectivity index (χ0n) is 9.59. The second-order valence-electron chi connectivity index (χ2n) is 3.78. The Morgan fingerprint density at radius 3 is 2.32 bits per heavy atom. The van der Waals surface area contributed by atoms with Crippen molar-refractivity contribution in [1.82, 2.24) is 9.97 Å². The summed E-state index contributed by atoms with van der Waals surface area (Å²) in [6.07, 6.45) is -4.55. The molecular formula is C12H7ClF4N2. The summed E-state index contributed by atoms with van der Waals surface area (Å²) >= 11 is 5.53. The van der Waals surface area contributed by atoms with Gasteiger partial charge in [-0.25, -0.2) is 14.4 Å². The second kappa shape index (κ2) is 4.77. The third kappa shape index (κ3) is 2.68. The monoisotopic (exact) mass is 290 g/mol. The van der Waals surface area contributed by atoms with E-state index in [4.69, 9.17) is 11.6 Å². The van der Waals surface area contributed by atoms with Crippen LogP contribution in [0.5, 0.6) is 0 Å². The molecule has 7 heteroatoms. The van der Waals surface area contributed by atoms with E-state index in [0.29, 0.717) is 0 Å². The van der Waals surface area contributed by atoms with Crippen LogP contribution < -0.4 is 0 Å². The number of hydrogen-bond donors (Lipinski definition) is 0. The Hall–Kier alpha value is -1.69. The number of hydrogen-bond acceptors (Lipinski definition) is 2. The van der Waals surface area contributed by atoms with Gasteiger partial charge in [-0.3, -0.25) is 0 Å². The van der Waals surface area contributed by atoms with Crippen molar-refractivity contribution in [2.75, 3.05) is 0 Å². The summed E-state index contributed by atoms with van der Waals surface area (Å²) < 4.78 is 51.8. The third-order valence-corrected chi connectivity index (χ3v) is 2.70. The van der Waals surface area contributed by atoms with Crippen molar-refractivity contribution in [3.05, 3.63) is 46.5 Å². The average Bonchev–Trinajstić information content (AvgIpc) is 2.34. The first-order valence-corrected chi connectivity index (χ1v) is 5.54. The molecule has 0 aliphatic heterocycles. The average molecular weight is 291 g/mol. The van der Waals surface area contributed by atoms with Gasteiger partial charge in [0, 0.05) is 5.56 Å². The van der Waals surface area contributed by atoms with Gasteiger partial charge in [-0.1, -0.05) is 29.8 Å². The normalized spacial score (nSPS) is 11.7. The Labute approximate surface area is 111 Å². The van der Waals surface area contributed by atoms with Crippen molar-refractivity contribution in [2.24, 2.45) is 0 Å². The van der Waals surface area contributed by atoms with Crippen molar-refractivity contribution in [1.29, 1.82) is 0 Å². The van der Waals surface area contributed by atoms with E-state index in [1.165, 1.54) is 25.1 Å². The summed E-state index contributed by atoms with van der Waals surface area (Å²) in [5.74, 6) is -1.09. The van der Waals surface area contributed by atoms with Gasteiger partial charge in [0.15, 0.2) is 16.8 Å². The number of nitrogens with zero attached hydrogens (tertiary/aromatic N) is 2. The maximum Gasteiger partial charge on any atom is 0.417 e. The van der Waals surface area contributed by atoms with Crippen LogP contribution in [0.2, 0.25) is 5.15 Å². The molecule has 2 nitrogen and oxygen atoms in total. The lowest BCUT2D eigenvalue weighted by Gasteiger charge is -2.12. The Morgan fingerprint density at radius 1 is 1.11 bits per heavy atom. The molecule has 2 rings (SSSR count). The summed E-state index contributed by atoms with van der Waals surface area (Å²) in [6.45, 7) is 1.31. The lowest BCUT2D eigenvalue weighted by Crippen LogP contribution is -2.08. The van der Waals surface area contributed by atoms with Crippen LogP contribution in [0, 0.1) is 12.7 Å². The van der Waals surface area contributed by atoms with Crippen molar-refractivity contribution >= 4 is 11.6 Å². The van der Waals surface area contributed by atoms with Gasteiger partial charge in [-0.2, -0.15) is 13.2 Å². The fourth-order valence-electron chi connectivity index (χ4n) is 1.57. The minimum Gasteiger partial charge on any atom is -0.230 e. The van der Waals surface area contributed by atoms with Crippen molar-refractivity contribution in [3.8, 4) is 11.4 Å². The first kappa shape index (κ1) is 13.7. The van der Waals surface area contributed by atoms with Gasteiger partial charge in [-0.15, -0.1) is 0 Å². The van der Waals surface area contributed by atoms with E-state index in [-0.39, 0.29) is 17.1 Å². The van der Waals surface area contributed by atoms with Crippen LogP contribution in [-0.2, 0) is 6.18 Å². The fraction of sp³-hybridized carbons (Fsp3) is 0.167. The lowest BCUT2D eigenvalue weighted by atomic mass is 10.1. The number of benzene rings is 1. The van der Waals surface area contributed by atoms with Crippen LogP contribution in [0.25, 0.3) is 11.4 Å². The topological polar surface area (TPSA) is 25.8 Å². The molecule has 0 aliphatic rings. The van der Waals surface area contributed by atoms with Gasteiger partial charge in [0.05, 0.1) is 11.3 Å². The van der Waals surface area contributed by atoms with Gasteiger partial charge in [0.1, 0.15) is 0 Å². The SMILES string of the molecule is Cc1nc(-c2ccccc2C(F)(F)F)nc(Cl)c1F. The Bertz CT molecular complexity index is 602. The van der Waals surface area contributed by atoms with Crippen LogP contribution in [0.1, 0.15) is 11.3 Å². The van der Waals surface area contributed by atoms with Gasteiger partial charge in [0.2, 0.25) is 0 Å². The first-order chi connectivity index (χ1) is 8.80. The molecule has 1 aromatic carbocycles. The molecule has 0 fully saturated rings. The highest BCUT2D eigenvalue weighted by atomic mass is 35.5. The van der Waals surface area contributed by atoms with Crippen molar-refractivity contribution < 1.29 is 17.6 Å². The molecule has 0 unspecified atom stereocenters. The zero-order chi connectivity index (χ0) is 14.2. The summed E-state index contributed by atoms with van der Waals surface area (Å²) in [6, 6.07) is 4.79. The molecule has 2 aromatic rings. The molecule has 0 radical (unpaired) electrons. The summed E-state index contributed by atoms with van der Waals surface area (Å²) in [4.78, 5) is 7.26. The van der Waals surface area contributed by atoms with Crippen LogP contribution in [0.15, 0.2) is 24.3 Å². The van der Waals surface area contributed by atoms with Crippen LogP contribution in [0.3, 0.4) is 0 Å². The number of aryl methyl sites for hydroxylation is 1. The van der Waals surface area contributed by atoms with E-state index in [9.17, 15) is 17.6 Å². The van der Waals surface area contributed by atoms with Crippen LogP contribution in [-0.4, -0.2) is 9.97 Å². The molecule has 1 heterocycles. The zero-order valence-corrected chi connectivity index (χ0v) is 10.3. The summed E-state index contributed by atoms with van der Waals surface area (Å²) in [5.41, 5.74) is -1.23. The van der Waals surface area contributed by atoms with E-state index in [1.807, 2.05) is 0 Å². The minimum atomic E-state index is -4.55. The highest BCUT2D eigenvalue weighted by molar-refractivity contribution is 6.29. The largest absolute Gasteiger partial charge is 0.417 e. The molecule has 0 spiro atoms. The van der Waals surface area contributed by atoms with E-state index in [2.05, 4.69) is 9.97 Å². The molecule has 19 heavy (non-hydrogen) atoms. The smallest absolute Gasteiger partial charge is 0.230 e. The Balaban J connectivity index is 2.67. The maximum absolute atomic E-state index is 13.3. The highest BCUT2D eigenvalue weighted by Gasteiger charge is 2.34. The van der Waals surface area contributed by atoms with Gasteiger partial charge >= 0.3 is 6.18 Å². The molecule has 0 N–H and O–H groups in total. The third-order valence-electron chi connectivity index (χ3n) is 2.45. The molecule has 1 aromatic heterocycles. The van der Waals surface area contributed by atoms with E-state index in [0.717, 1.165) is 6.07 Å². The van der Waals surface area contributed by atoms with Crippen molar-refractivity contribution in [3.63, 3.8) is 0 Å². The highest BCUT2D eigenvalue weighted by Crippen LogP contribution is 2.36. The molecule has 0 saturated heterocycles. The number of rotatable bonds is 1. The molecule has 0 bridgehead atoms. The maximum atomic E-state index is 13.3. The molecule has 0 atom stereocenters. The van der Waals surface area contributed by atoms with E-state index < -0.39 is 22.7 Å². The predicted molar refractivity (Wildman–Crippen MR) is 62.2 cm³/mol. The van der Waals surface area contributed by atoms with Crippen molar-refractivity contribution in [2.45, 2.75) is 13.1 Å². The standard InChI is InChI=1S/C12H7ClF4N2/c1-6-9(14)10(13)19-11(18-6)7-4-2-3-5-8(7)12(15,16)17/h2-5H,1H3. The molecular weight excluding hydrogens is 284 g/mol. The van der Waals surface area contributed by atoms with Gasteiger partial charge in [0.25, 0.3) is 0 Å². The predicted octanol–water partition coefficient (Wildman–Crippen LogP) is 4.26. The molecule has 100 valence electrons.